The molecule has 5 N–H and O–H groups in total. The van der Waals surface area contributed by atoms with Gasteiger partial charge in [-0.1, -0.05) is 30.3 Å². The molecule has 8 heteroatoms. The molecule has 5 unspecified atom stereocenters. The lowest BCUT2D eigenvalue weighted by Gasteiger charge is -2.39. The van der Waals surface area contributed by atoms with Crippen LogP contribution >= 0.6 is 0 Å². The molecule has 0 saturated heterocycles. The summed E-state index contributed by atoms with van der Waals surface area (Å²) in [7, 11) is 0. The van der Waals surface area contributed by atoms with Gasteiger partial charge in [0.05, 0.1) is 18.8 Å². The topological polar surface area (TPSA) is 137 Å². The maximum absolute atomic E-state index is 11.7. The third-order valence-electron chi connectivity index (χ3n) is 4.47. The van der Waals surface area contributed by atoms with Gasteiger partial charge in [0.2, 0.25) is 0 Å². The van der Waals surface area contributed by atoms with Crippen molar-refractivity contribution in [3.63, 3.8) is 0 Å². The summed E-state index contributed by atoms with van der Waals surface area (Å²) in [5.74, 6) is -1.25. The number of benzene rings is 1. The highest BCUT2D eigenvalue weighted by Crippen LogP contribution is 2.27. The van der Waals surface area contributed by atoms with E-state index in [-0.39, 0.29) is 26.2 Å². The van der Waals surface area contributed by atoms with Crippen LogP contribution in [0.4, 0.5) is 0 Å². The molecule has 1 saturated carbocycles. The number of hydrogen-bond acceptors (Lipinski definition) is 8. The molecule has 0 spiro atoms. The average molecular weight is 382 g/mol. The Morgan fingerprint density at radius 2 is 1.81 bits per heavy atom. The first-order valence-corrected chi connectivity index (χ1v) is 8.77. The van der Waals surface area contributed by atoms with Crippen LogP contribution in [0, 0.1) is 5.92 Å². The number of rotatable bonds is 8. The highest BCUT2D eigenvalue weighted by molar-refractivity contribution is 5.87. The summed E-state index contributed by atoms with van der Waals surface area (Å²) in [6.45, 7) is -0.896. The van der Waals surface area contributed by atoms with E-state index >= 15 is 0 Å². The summed E-state index contributed by atoms with van der Waals surface area (Å²) >= 11 is 0. The highest BCUT2D eigenvalue weighted by atomic mass is 16.6. The molecule has 0 aromatic heterocycles. The molecule has 6 atom stereocenters. The van der Waals surface area contributed by atoms with Gasteiger partial charge < -0.3 is 35.0 Å². The van der Waals surface area contributed by atoms with Crippen LogP contribution < -0.4 is 0 Å². The zero-order valence-electron chi connectivity index (χ0n) is 14.8. The fourth-order valence-electron chi connectivity index (χ4n) is 2.86. The summed E-state index contributed by atoms with van der Waals surface area (Å²) in [4.78, 5) is 11.7. The molecule has 0 radical (unpaired) electrons. The zero-order valence-corrected chi connectivity index (χ0v) is 14.8. The molecule has 1 fully saturated rings. The van der Waals surface area contributed by atoms with Gasteiger partial charge in [0.25, 0.3) is 0 Å². The second-order valence-corrected chi connectivity index (χ2v) is 6.55. The van der Waals surface area contributed by atoms with Crippen LogP contribution in [-0.4, -0.2) is 81.8 Å². The van der Waals surface area contributed by atoms with Gasteiger partial charge in [-0.15, -0.1) is 0 Å². The minimum absolute atomic E-state index is 0.127. The van der Waals surface area contributed by atoms with Crippen molar-refractivity contribution >= 4 is 12.0 Å². The monoisotopic (exact) mass is 382 g/mol. The van der Waals surface area contributed by atoms with E-state index in [1.807, 2.05) is 30.3 Å². The lowest BCUT2D eigenvalue weighted by molar-refractivity contribution is -0.185. The molecule has 150 valence electrons. The van der Waals surface area contributed by atoms with Crippen molar-refractivity contribution in [2.45, 2.75) is 36.9 Å². The minimum Gasteiger partial charge on any atom is -0.460 e. The maximum Gasteiger partial charge on any atom is 0.330 e. The van der Waals surface area contributed by atoms with Crippen LogP contribution in [-0.2, 0) is 14.3 Å². The Hall–Kier alpha value is -1.81. The van der Waals surface area contributed by atoms with Crippen molar-refractivity contribution in [3.8, 4) is 0 Å². The number of ether oxygens (including phenoxy) is 2. The molecule has 0 heterocycles. The molecule has 0 amide bonds. The van der Waals surface area contributed by atoms with Crippen molar-refractivity contribution < 1.29 is 39.8 Å². The molecule has 0 aliphatic heterocycles. The number of carbonyl (C=O) groups excluding carboxylic acids is 1. The van der Waals surface area contributed by atoms with Crippen LogP contribution in [0.3, 0.4) is 0 Å². The Morgan fingerprint density at radius 1 is 1.11 bits per heavy atom. The van der Waals surface area contributed by atoms with Crippen LogP contribution in [0.2, 0.25) is 0 Å². The van der Waals surface area contributed by atoms with Crippen molar-refractivity contribution in [2.75, 3.05) is 19.8 Å². The first-order chi connectivity index (χ1) is 12.9. The Morgan fingerprint density at radius 3 is 2.48 bits per heavy atom. The molecule has 8 nitrogen and oxygen atoms in total. The third kappa shape index (κ3) is 6.39. The van der Waals surface area contributed by atoms with E-state index in [1.165, 1.54) is 6.08 Å². The first kappa shape index (κ1) is 21.5. The largest absolute Gasteiger partial charge is 0.460 e. The number of carbonyl (C=O) groups is 1. The Balaban J connectivity index is 1.73. The third-order valence-corrected chi connectivity index (χ3v) is 4.47. The molecule has 2 rings (SSSR count). The summed E-state index contributed by atoms with van der Waals surface area (Å²) in [5.41, 5.74) is 0.837. The van der Waals surface area contributed by atoms with Gasteiger partial charge in [-0.05, 0) is 18.1 Å². The van der Waals surface area contributed by atoms with Gasteiger partial charge in [0, 0.05) is 18.6 Å². The lowest BCUT2D eigenvalue weighted by Crippen LogP contribution is -2.55. The van der Waals surface area contributed by atoms with Gasteiger partial charge in [-0.3, -0.25) is 0 Å². The van der Waals surface area contributed by atoms with Crippen molar-refractivity contribution in [2.24, 2.45) is 5.92 Å². The molecule has 0 bridgehead atoms. The van der Waals surface area contributed by atoms with Crippen LogP contribution in [0.25, 0.3) is 6.08 Å². The molecular formula is C19H26O8. The Labute approximate surface area is 157 Å². The fraction of sp³-hybridized carbons (Fsp3) is 0.526. The molecule has 27 heavy (non-hydrogen) atoms. The zero-order chi connectivity index (χ0) is 19.8. The molecule has 1 aliphatic carbocycles. The fourth-order valence-corrected chi connectivity index (χ4v) is 2.86. The van der Waals surface area contributed by atoms with Gasteiger partial charge >= 0.3 is 5.97 Å². The number of hydrogen-bond donors (Lipinski definition) is 5. The van der Waals surface area contributed by atoms with E-state index in [1.54, 1.807) is 6.08 Å². The number of aliphatic hydroxyl groups excluding tert-OH is 5. The quantitative estimate of drug-likeness (QED) is 0.288. The standard InChI is InChI=1S/C19H26O8/c20-9-13-8-15(18(24)19(25)17(13)23)26-10-14(21)11-27-16(22)7-6-12-4-2-1-3-5-12/h1-7,13-15,17-21,23-25H,8-11H2/b7-6+/t13?,14-,15?,17?,18?,19?/m0/s1. The van der Waals surface area contributed by atoms with Gasteiger partial charge in [0.1, 0.15) is 24.9 Å². The smallest absolute Gasteiger partial charge is 0.330 e. The predicted octanol–water partition coefficient (Wildman–Crippen LogP) is -0.916. The normalized spacial score (nSPS) is 29.6. The van der Waals surface area contributed by atoms with Gasteiger partial charge in [-0.25, -0.2) is 4.79 Å². The van der Waals surface area contributed by atoms with Gasteiger partial charge in [0.15, 0.2) is 0 Å². The van der Waals surface area contributed by atoms with Crippen LogP contribution in [0.1, 0.15) is 12.0 Å². The first-order valence-electron chi connectivity index (χ1n) is 8.77. The van der Waals surface area contributed by atoms with E-state index in [9.17, 15) is 30.3 Å². The van der Waals surface area contributed by atoms with E-state index in [2.05, 4.69) is 0 Å². The van der Waals surface area contributed by atoms with Gasteiger partial charge in [-0.2, -0.15) is 0 Å². The summed E-state index contributed by atoms with van der Waals surface area (Å²) in [5, 5.41) is 48.6. The second kappa shape index (κ2) is 10.5. The van der Waals surface area contributed by atoms with E-state index < -0.39 is 42.4 Å². The second-order valence-electron chi connectivity index (χ2n) is 6.55. The maximum atomic E-state index is 11.7. The molecule has 1 aliphatic rings. The lowest BCUT2D eigenvalue weighted by atomic mass is 9.81. The van der Waals surface area contributed by atoms with Crippen molar-refractivity contribution in [1.29, 1.82) is 0 Å². The van der Waals surface area contributed by atoms with Crippen LogP contribution in [0.15, 0.2) is 36.4 Å². The Kier molecular flexibility index (Phi) is 8.36. The minimum atomic E-state index is -1.45. The summed E-state index contributed by atoms with van der Waals surface area (Å²) < 4.78 is 10.3. The van der Waals surface area contributed by atoms with Crippen LogP contribution in [0.5, 0.6) is 0 Å². The SMILES string of the molecule is O=C(/C=C/c1ccccc1)OC[C@@H](O)COC1CC(CO)C(O)C(O)C1O. The van der Waals surface area contributed by atoms with E-state index in [0.29, 0.717) is 0 Å². The molecular weight excluding hydrogens is 356 g/mol. The summed E-state index contributed by atoms with van der Waals surface area (Å²) in [6, 6.07) is 9.18. The number of aliphatic hydroxyl groups is 5. The van der Waals surface area contributed by atoms with Crippen molar-refractivity contribution in [3.05, 3.63) is 42.0 Å². The molecule has 1 aromatic carbocycles. The van der Waals surface area contributed by atoms with E-state index in [0.717, 1.165) is 5.56 Å². The predicted molar refractivity (Wildman–Crippen MR) is 95.4 cm³/mol. The van der Waals surface area contributed by atoms with Crippen molar-refractivity contribution in [1.82, 2.24) is 0 Å². The van der Waals surface area contributed by atoms with E-state index in [4.69, 9.17) is 9.47 Å². The number of esters is 1. The highest BCUT2D eigenvalue weighted by Gasteiger charge is 2.43. The Bertz CT molecular complexity index is 603. The molecule has 1 aromatic rings. The summed E-state index contributed by atoms with van der Waals surface area (Å²) in [6.07, 6.45) is -3.05. The average Bonchev–Trinajstić information content (AvgIpc) is 2.69.